The number of amides is 1. The Labute approximate surface area is 153 Å². The minimum atomic E-state index is -0.293. The molecular formula is C19H23ClFN3O. The highest BCUT2D eigenvalue weighted by Crippen LogP contribution is 2.38. The summed E-state index contributed by atoms with van der Waals surface area (Å²) in [6.07, 6.45) is 3.00. The second-order valence-electron chi connectivity index (χ2n) is 6.83. The van der Waals surface area contributed by atoms with Gasteiger partial charge in [0, 0.05) is 24.0 Å². The number of nitrogens with zero attached hydrogens (tertiary/aromatic N) is 1. The van der Waals surface area contributed by atoms with Gasteiger partial charge in [-0.3, -0.25) is 4.79 Å². The summed E-state index contributed by atoms with van der Waals surface area (Å²) < 4.78 is 16.9. The molecule has 0 spiro atoms. The number of benzene rings is 1. The van der Waals surface area contributed by atoms with E-state index in [1.165, 1.54) is 12.8 Å². The van der Waals surface area contributed by atoms with E-state index in [1.54, 1.807) is 6.07 Å². The fraction of sp³-hybridized carbons (Fsp3) is 0.421. The van der Waals surface area contributed by atoms with E-state index in [0.717, 1.165) is 29.1 Å². The number of aryl methyl sites for hydroxylation is 1. The van der Waals surface area contributed by atoms with Gasteiger partial charge in [0.25, 0.3) is 5.91 Å². The molecule has 1 aromatic carbocycles. The molecule has 0 saturated heterocycles. The lowest BCUT2D eigenvalue weighted by molar-refractivity contribution is 0.102. The summed E-state index contributed by atoms with van der Waals surface area (Å²) in [6.45, 7) is 5.44. The van der Waals surface area contributed by atoms with Crippen molar-refractivity contribution < 1.29 is 9.18 Å². The summed E-state index contributed by atoms with van der Waals surface area (Å²) in [5.41, 5.74) is 4.67. The monoisotopic (exact) mass is 363 g/mol. The molecule has 1 fully saturated rings. The van der Waals surface area contributed by atoms with Crippen LogP contribution in [0.4, 0.5) is 10.1 Å². The van der Waals surface area contributed by atoms with Crippen molar-refractivity contribution >= 4 is 24.0 Å². The van der Waals surface area contributed by atoms with E-state index < -0.39 is 0 Å². The molecular weight excluding hydrogens is 341 g/mol. The van der Waals surface area contributed by atoms with Crippen LogP contribution in [0.5, 0.6) is 0 Å². The first-order valence-electron chi connectivity index (χ1n) is 8.57. The first-order chi connectivity index (χ1) is 11.6. The zero-order chi connectivity index (χ0) is 16.8. The van der Waals surface area contributed by atoms with Gasteiger partial charge in [0.1, 0.15) is 5.82 Å². The number of hydrogen-bond donors (Lipinski definition) is 2. The molecule has 6 heteroatoms. The van der Waals surface area contributed by atoms with Gasteiger partial charge in [-0.05, 0) is 62.9 Å². The van der Waals surface area contributed by atoms with Crippen molar-refractivity contribution in [3.8, 4) is 0 Å². The second kappa shape index (κ2) is 6.81. The number of anilines is 1. The summed E-state index contributed by atoms with van der Waals surface area (Å²) in [4.78, 5) is 12.7. The summed E-state index contributed by atoms with van der Waals surface area (Å²) in [5, 5.41) is 6.00. The molecule has 2 aliphatic rings. The van der Waals surface area contributed by atoms with Crippen LogP contribution in [0.15, 0.2) is 18.2 Å². The van der Waals surface area contributed by atoms with Gasteiger partial charge >= 0.3 is 0 Å². The number of fused-ring (bicyclic) bond motifs is 1. The van der Waals surface area contributed by atoms with Crippen molar-refractivity contribution in [3.05, 3.63) is 52.1 Å². The number of carbonyl (C=O) groups excluding carboxylic acids is 1. The fourth-order valence-corrected chi connectivity index (χ4v) is 3.72. The van der Waals surface area contributed by atoms with Gasteiger partial charge in [0.2, 0.25) is 0 Å². The molecule has 25 heavy (non-hydrogen) atoms. The summed E-state index contributed by atoms with van der Waals surface area (Å²) in [5.74, 6) is -0.527. The molecule has 2 N–H and O–H groups in total. The third-order valence-electron chi connectivity index (χ3n) is 5.10. The first kappa shape index (κ1) is 18.0. The van der Waals surface area contributed by atoms with Crippen LogP contribution < -0.4 is 10.6 Å². The fourth-order valence-electron chi connectivity index (χ4n) is 3.72. The SMILES string of the molecule is Cc1cc(C(=O)Nc2ccc3c(c2F)CCNC3)c(C)n1C1CC1.Cl. The highest BCUT2D eigenvalue weighted by atomic mass is 35.5. The van der Waals surface area contributed by atoms with Gasteiger partial charge in [-0.15, -0.1) is 12.4 Å². The van der Waals surface area contributed by atoms with Crippen LogP contribution in [0.2, 0.25) is 0 Å². The van der Waals surface area contributed by atoms with Gasteiger partial charge < -0.3 is 15.2 Å². The maximum atomic E-state index is 14.7. The Bertz CT molecular complexity index is 827. The maximum Gasteiger partial charge on any atom is 0.257 e. The van der Waals surface area contributed by atoms with Gasteiger partial charge in [0.05, 0.1) is 11.3 Å². The Morgan fingerprint density at radius 3 is 2.80 bits per heavy atom. The zero-order valence-electron chi connectivity index (χ0n) is 14.5. The molecule has 1 aromatic heterocycles. The Morgan fingerprint density at radius 2 is 2.08 bits per heavy atom. The number of nitrogens with one attached hydrogen (secondary N) is 2. The number of rotatable bonds is 3. The molecule has 2 aromatic rings. The Morgan fingerprint density at radius 1 is 1.32 bits per heavy atom. The van der Waals surface area contributed by atoms with E-state index in [4.69, 9.17) is 0 Å². The highest BCUT2D eigenvalue weighted by molar-refractivity contribution is 6.05. The largest absolute Gasteiger partial charge is 0.345 e. The predicted molar refractivity (Wildman–Crippen MR) is 99.2 cm³/mol. The van der Waals surface area contributed by atoms with Crippen molar-refractivity contribution in [2.24, 2.45) is 0 Å². The van der Waals surface area contributed by atoms with Crippen LogP contribution in [0.3, 0.4) is 0 Å². The topological polar surface area (TPSA) is 46.1 Å². The van der Waals surface area contributed by atoms with Gasteiger partial charge in [-0.2, -0.15) is 0 Å². The average molecular weight is 364 g/mol. The minimum absolute atomic E-state index is 0. The Kier molecular flexibility index (Phi) is 4.89. The molecule has 4 rings (SSSR count). The van der Waals surface area contributed by atoms with E-state index in [9.17, 15) is 9.18 Å². The molecule has 1 saturated carbocycles. The lowest BCUT2D eigenvalue weighted by atomic mass is 9.99. The minimum Gasteiger partial charge on any atom is -0.345 e. The lowest BCUT2D eigenvalue weighted by Crippen LogP contribution is -2.25. The van der Waals surface area contributed by atoms with Crippen molar-refractivity contribution in [1.82, 2.24) is 9.88 Å². The Balaban J connectivity index is 0.00000182. The molecule has 134 valence electrons. The molecule has 1 aliphatic carbocycles. The standard InChI is InChI=1S/C19H22FN3O.ClH/c1-11-9-16(12(2)23(11)14-4-5-14)19(24)22-17-6-3-13-10-21-8-7-15(13)18(17)20;/h3,6,9,14,21H,4-5,7-8,10H2,1-2H3,(H,22,24);1H. The van der Waals surface area contributed by atoms with Crippen molar-refractivity contribution in [2.45, 2.75) is 45.7 Å². The molecule has 1 amide bonds. The number of halogens is 2. The first-order valence-corrected chi connectivity index (χ1v) is 8.57. The van der Waals surface area contributed by atoms with Gasteiger partial charge in [-0.1, -0.05) is 6.07 Å². The van der Waals surface area contributed by atoms with Crippen LogP contribution >= 0.6 is 12.4 Å². The predicted octanol–water partition coefficient (Wildman–Crippen LogP) is 3.90. The van der Waals surface area contributed by atoms with Crippen LogP contribution in [-0.2, 0) is 13.0 Å². The average Bonchev–Trinajstić information content (AvgIpc) is 3.35. The Hall–Kier alpha value is -1.85. The maximum absolute atomic E-state index is 14.7. The van der Waals surface area contributed by atoms with Crippen LogP contribution in [0.25, 0.3) is 0 Å². The number of carbonyl (C=O) groups is 1. The normalized spacial score (nSPS) is 16.1. The third kappa shape index (κ3) is 3.18. The number of hydrogen-bond acceptors (Lipinski definition) is 2. The van der Waals surface area contributed by atoms with Crippen molar-refractivity contribution in [3.63, 3.8) is 0 Å². The van der Waals surface area contributed by atoms with E-state index in [1.807, 2.05) is 26.0 Å². The van der Waals surface area contributed by atoms with Crippen molar-refractivity contribution in [1.29, 1.82) is 0 Å². The summed E-state index contributed by atoms with van der Waals surface area (Å²) in [6, 6.07) is 6.00. The zero-order valence-corrected chi connectivity index (χ0v) is 15.3. The van der Waals surface area contributed by atoms with E-state index in [-0.39, 0.29) is 29.8 Å². The van der Waals surface area contributed by atoms with Crippen molar-refractivity contribution in [2.75, 3.05) is 11.9 Å². The smallest absolute Gasteiger partial charge is 0.257 e. The number of aromatic nitrogens is 1. The van der Waals surface area contributed by atoms with Gasteiger partial charge in [0.15, 0.2) is 0 Å². The second-order valence-corrected chi connectivity index (χ2v) is 6.83. The van der Waals surface area contributed by atoms with Gasteiger partial charge in [-0.25, -0.2) is 4.39 Å². The quantitative estimate of drug-likeness (QED) is 0.868. The highest BCUT2D eigenvalue weighted by Gasteiger charge is 2.28. The van der Waals surface area contributed by atoms with E-state index in [2.05, 4.69) is 15.2 Å². The summed E-state index contributed by atoms with van der Waals surface area (Å²) >= 11 is 0. The third-order valence-corrected chi connectivity index (χ3v) is 5.10. The molecule has 2 heterocycles. The van der Waals surface area contributed by atoms with E-state index in [0.29, 0.717) is 24.6 Å². The van der Waals surface area contributed by atoms with Crippen LogP contribution in [-0.4, -0.2) is 17.0 Å². The van der Waals surface area contributed by atoms with E-state index >= 15 is 0 Å². The molecule has 0 bridgehead atoms. The molecule has 4 nitrogen and oxygen atoms in total. The lowest BCUT2D eigenvalue weighted by Gasteiger charge is -2.19. The molecule has 0 radical (unpaired) electrons. The molecule has 0 atom stereocenters. The molecule has 0 unspecified atom stereocenters. The van der Waals surface area contributed by atoms with Crippen LogP contribution in [0.1, 0.15) is 51.8 Å². The summed E-state index contributed by atoms with van der Waals surface area (Å²) in [7, 11) is 0. The van der Waals surface area contributed by atoms with Crippen LogP contribution in [0, 0.1) is 19.7 Å². The molecule has 1 aliphatic heterocycles.